The minimum absolute atomic E-state index is 0.0728. The molecule has 11 rings (SSSR count). The van der Waals surface area contributed by atoms with Crippen LogP contribution in [0.1, 0.15) is 232 Å². The van der Waals surface area contributed by atoms with Crippen LogP contribution in [-0.2, 0) is 43.3 Å². The summed E-state index contributed by atoms with van der Waals surface area (Å²) < 4.78 is 0. The summed E-state index contributed by atoms with van der Waals surface area (Å²) in [6.07, 6.45) is 9.60. The molecule has 2 aliphatic heterocycles. The second kappa shape index (κ2) is 14.2. The Morgan fingerprint density at radius 1 is 0.338 bits per heavy atom. The largest absolute Gasteiger partial charge is 0.311 e. The molecule has 2 nitrogen and oxygen atoms in total. The Bertz CT molecular complexity index is 2770. The molecule has 0 saturated carbocycles. The van der Waals surface area contributed by atoms with E-state index in [1.807, 2.05) is 0 Å². The first-order valence-electron chi connectivity index (χ1n) is 26.9. The van der Waals surface area contributed by atoms with Gasteiger partial charge in [0.1, 0.15) is 0 Å². The average Bonchev–Trinajstić information content (AvgIpc) is 3.26. The zero-order chi connectivity index (χ0) is 48.8. The highest BCUT2D eigenvalue weighted by Gasteiger charge is 2.50. The molecular weight excluding hydrogens is 820 g/mol. The van der Waals surface area contributed by atoms with Crippen LogP contribution >= 0.6 is 0 Å². The van der Waals surface area contributed by atoms with E-state index in [2.05, 4.69) is 207 Å². The predicted octanol–water partition coefficient (Wildman–Crippen LogP) is 16.3. The van der Waals surface area contributed by atoms with Crippen molar-refractivity contribution in [1.29, 1.82) is 0 Å². The summed E-state index contributed by atoms with van der Waals surface area (Å²) >= 11 is 0. The van der Waals surface area contributed by atoms with E-state index in [4.69, 9.17) is 0 Å². The van der Waals surface area contributed by atoms with E-state index in [0.29, 0.717) is 5.92 Å². The number of nitrogens with zero attached hydrogens (tertiary/aromatic N) is 2. The van der Waals surface area contributed by atoms with E-state index in [1.165, 1.54) is 141 Å². The molecule has 356 valence electrons. The Hall–Kier alpha value is -4.24. The number of anilines is 6. The molecule has 0 N–H and O–H groups in total. The molecular formula is C65H83BN2. The van der Waals surface area contributed by atoms with Gasteiger partial charge in [0.2, 0.25) is 0 Å². The van der Waals surface area contributed by atoms with E-state index >= 15 is 0 Å². The van der Waals surface area contributed by atoms with Gasteiger partial charge in [-0.3, -0.25) is 0 Å². The molecule has 0 saturated heterocycles. The van der Waals surface area contributed by atoms with Gasteiger partial charge in [0.15, 0.2) is 0 Å². The molecule has 0 atom stereocenters. The maximum atomic E-state index is 2.76. The van der Waals surface area contributed by atoms with Crippen LogP contribution < -0.4 is 26.2 Å². The molecule has 0 spiro atoms. The number of hydrogen-bond donors (Lipinski definition) is 0. The highest BCUT2D eigenvalue weighted by atomic mass is 15.2. The summed E-state index contributed by atoms with van der Waals surface area (Å²) in [5, 5.41) is 0. The van der Waals surface area contributed by atoms with Crippen molar-refractivity contribution in [3.63, 3.8) is 0 Å². The number of fused-ring (bicyclic) bond motifs is 8. The predicted molar refractivity (Wildman–Crippen MR) is 296 cm³/mol. The second-order valence-corrected chi connectivity index (χ2v) is 28.7. The molecule has 5 aromatic rings. The number of hydrogen-bond acceptors (Lipinski definition) is 2. The molecule has 0 radical (unpaired) electrons. The average molecular weight is 903 g/mol. The first kappa shape index (κ1) is 46.2. The molecule has 68 heavy (non-hydrogen) atoms. The lowest BCUT2D eigenvalue weighted by Gasteiger charge is -2.49. The Morgan fingerprint density at radius 3 is 0.926 bits per heavy atom. The van der Waals surface area contributed by atoms with Crippen LogP contribution in [0.25, 0.3) is 0 Å². The van der Waals surface area contributed by atoms with Gasteiger partial charge in [-0.25, -0.2) is 0 Å². The Kier molecular flexibility index (Phi) is 9.65. The Morgan fingerprint density at radius 2 is 0.618 bits per heavy atom. The molecule has 0 fully saturated rings. The molecule has 2 heterocycles. The third kappa shape index (κ3) is 6.61. The van der Waals surface area contributed by atoms with E-state index in [1.54, 1.807) is 11.1 Å². The van der Waals surface area contributed by atoms with Crippen LogP contribution in [0.4, 0.5) is 34.1 Å². The van der Waals surface area contributed by atoms with Gasteiger partial charge in [-0.1, -0.05) is 149 Å². The van der Waals surface area contributed by atoms with Gasteiger partial charge in [0.25, 0.3) is 6.71 Å². The maximum Gasteiger partial charge on any atom is 0.252 e. The maximum absolute atomic E-state index is 2.76. The fourth-order valence-electron chi connectivity index (χ4n) is 14.5. The van der Waals surface area contributed by atoms with Crippen LogP contribution in [0, 0.1) is 0 Å². The second-order valence-electron chi connectivity index (χ2n) is 28.7. The Labute approximate surface area is 413 Å². The van der Waals surface area contributed by atoms with Gasteiger partial charge in [-0.2, -0.15) is 0 Å². The number of rotatable bonds is 3. The van der Waals surface area contributed by atoms with Gasteiger partial charge < -0.3 is 9.80 Å². The lowest BCUT2D eigenvalue weighted by Crippen LogP contribution is -2.62. The van der Waals surface area contributed by atoms with Crippen LogP contribution in [0.2, 0.25) is 0 Å². The first-order chi connectivity index (χ1) is 31.5. The summed E-state index contributed by atoms with van der Waals surface area (Å²) in [6.45, 7) is 44.9. The zero-order valence-electron chi connectivity index (χ0n) is 45.6. The summed E-state index contributed by atoms with van der Waals surface area (Å²) in [4.78, 5) is 5.53. The molecule has 4 aliphatic carbocycles. The van der Waals surface area contributed by atoms with Crippen molar-refractivity contribution in [2.24, 2.45) is 0 Å². The molecule has 0 aromatic heterocycles. The molecule has 3 heteroatoms. The summed E-state index contributed by atoms with van der Waals surface area (Å²) in [5.74, 6) is 0.347. The topological polar surface area (TPSA) is 6.48 Å². The van der Waals surface area contributed by atoms with Crippen LogP contribution in [0.3, 0.4) is 0 Å². The smallest absolute Gasteiger partial charge is 0.252 e. The normalized spacial score (nSPS) is 23.1. The summed E-state index contributed by atoms with van der Waals surface area (Å²) in [6, 6.07) is 31.4. The summed E-state index contributed by atoms with van der Waals surface area (Å²) in [7, 11) is 0. The highest BCUT2D eigenvalue weighted by Crippen LogP contribution is 2.56. The van der Waals surface area contributed by atoms with Crippen LogP contribution in [0.5, 0.6) is 0 Å². The molecule has 0 bridgehead atoms. The standard InChI is InChI=1S/C65H83BN2/c1-39(2)40-31-55-57-56(32-40)68(42-20-22-44-46(34-42)61(9,10)26-24-59(44,5)6)54-38-50-48(63(13,14)28-30-65(50,17)18)36-52(54)66(57)51-35-47-49(64(15,16)29-27-62(47,11)12)37-53(51)67(55)41-19-21-43-45(33-41)60(7,8)25-23-58(43,3)4/h19-22,31-39H,23-30H2,1-18H3. The van der Waals surface area contributed by atoms with Crippen molar-refractivity contribution in [1.82, 2.24) is 0 Å². The van der Waals surface area contributed by atoms with E-state index in [0.717, 1.165) is 0 Å². The van der Waals surface area contributed by atoms with Crippen LogP contribution in [-0.4, -0.2) is 6.71 Å². The molecule has 0 amide bonds. The van der Waals surface area contributed by atoms with Crippen molar-refractivity contribution < 1.29 is 0 Å². The fraction of sp³-hybridized carbons (Fsp3) is 0.538. The van der Waals surface area contributed by atoms with E-state index < -0.39 is 0 Å². The van der Waals surface area contributed by atoms with Gasteiger partial charge in [0, 0.05) is 34.1 Å². The van der Waals surface area contributed by atoms with Crippen molar-refractivity contribution in [2.45, 2.75) is 225 Å². The third-order valence-electron chi connectivity index (χ3n) is 19.9. The minimum Gasteiger partial charge on any atom is -0.311 e. The van der Waals surface area contributed by atoms with Crippen molar-refractivity contribution in [3.8, 4) is 0 Å². The third-order valence-corrected chi connectivity index (χ3v) is 19.9. The zero-order valence-corrected chi connectivity index (χ0v) is 45.6. The lowest BCUT2D eigenvalue weighted by atomic mass is 9.32. The van der Waals surface area contributed by atoms with E-state index in [9.17, 15) is 0 Å². The SMILES string of the molecule is CC(C)c1cc2c3c(c1)N(c1ccc4c(c1)C(C)(C)CCC4(C)C)c1cc4c(cc1B3c1cc3c(cc1N2c1ccc2c(c1)C(C)(C)CCC2(C)C)C(C)(C)CCC3(C)C)C(C)(C)CCC4(C)C. The quantitative estimate of drug-likeness (QED) is 0.163. The van der Waals surface area contributed by atoms with Gasteiger partial charge in [-0.05, 0) is 216 Å². The van der Waals surface area contributed by atoms with Gasteiger partial charge in [-0.15, -0.1) is 0 Å². The van der Waals surface area contributed by atoms with Crippen molar-refractivity contribution >= 4 is 57.2 Å². The highest BCUT2D eigenvalue weighted by molar-refractivity contribution is 7.00. The molecule has 0 unspecified atom stereocenters. The number of benzene rings is 5. The van der Waals surface area contributed by atoms with E-state index in [-0.39, 0.29) is 50.0 Å². The molecule has 5 aromatic carbocycles. The summed E-state index contributed by atoms with van der Waals surface area (Å²) in [5.41, 5.74) is 26.9. The van der Waals surface area contributed by atoms with Gasteiger partial charge >= 0.3 is 0 Å². The van der Waals surface area contributed by atoms with Gasteiger partial charge in [0.05, 0.1) is 0 Å². The monoisotopic (exact) mass is 903 g/mol. The fourth-order valence-corrected chi connectivity index (χ4v) is 14.5. The van der Waals surface area contributed by atoms with Crippen molar-refractivity contribution in [2.75, 3.05) is 9.80 Å². The van der Waals surface area contributed by atoms with Crippen LogP contribution in [0.15, 0.2) is 72.8 Å². The Balaban J connectivity index is 1.29. The molecule has 6 aliphatic rings. The first-order valence-corrected chi connectivity index (χ1v) is 26.9. The minimum atomic E-state index is 0.0728. The lowest BCUT2D eigenvalue weighted by molar-refractivity contribution is 0.332. The van der Waals surface area contributed by atoms with Crippen molar-refractivity contribution in [3.05, 3.63) is 123 Å².